The fourth-order valence-electron chi connectivity index (χ4n) is 3.42. The average Bonchev–Trinajstić information content (AvgIpc) is 2.72. The van der Waals surface area contributed by atoms with Crippen molar-refractivity contribution in [1.82, 2.24) is 15.2 Å². The van der Waals surface area contributed by atoms with Gasteiger partial charge in [0.05, 0.1) is 13.2 Å². The van der Waals surface area contributed by atoms with Crippen LogP contribution in [0.3, 0.4) is 0 Å². The lowest BCUT2D eigenvalue weighted by atomic mass is 10.0. The van der Waals surface area contributed by atoms with Crippen LogP contribution in [0.2, 0.25) is 0 Å². The molecule has 0 spiro atoms. The third-order valence-electron chi connectivity index (χ3n) is 4.90. The summed E-state index contributed by atoms with van der Waals surface area (Å²) in [5.74, 6) is 1.29. The molecule has 1 amide bonds. The number of carbonyl (C=O) groups is 1. The molecule has 1 unspecified atom stereocenters. The second-order valence-corrected chi connectivity index (χ2v) is 7.10. The smallest absolute Gasteiger partial charge is 0.227 e. The Morgan fingerprint density at radius 2 is 2.03 bits per heavy atom. The molecule has 0 saturated carbocycles. The molecule has 0 bridgehead atoms. The zero-order valence-electron chi connectivity index (χ0n) is 17.7. The maximum atomic E-state index is 12.2. The van der Waals surface area contributed by atoms with E-state index in [-0.39, 0.29) is 36.0 Å². The second kappa shape index (κ2) is 11.8. The maximum absolute atomic E-state index is 12.2. The van der Waals surface area contributed by atoms with Crippen molar-refractivity contribution in [2.24, 2.45) is 4.99 Å². The standard InChI is InChI=1S/C22H29N5O2.HI/c1-16-7-4-5-9-18(16)19-15-27(13-14-29-19)22(23-3)24-12-11-21(28)26-20-10-6-8-17(2)25-20;/h4-10,19H,11-15H2,1-3H3,(H,23,24)(H,25,26,28);1H. The van der Waals surface area contributed by atoms with Gasteiger partial charge in [-0.05, 0) is 37.1 Å². The van der Waals surface area contributed by atoms with Crippen LogP contribution >= 0.6 is 24.0 Å². The Hall–Kier alpha value is -2.20. The van der Waals surface area contributed by atoms with E-state index in [4.69, 9.17) is 4.74 Å². The van der Waals surface area contributed by atoms with Gasteiger partial charge < -0.3 is 20.3 Å². The first-order valence-corrected chi connectivity index (χ1v) is 9.93. The summed E-state index contributed by atoms with van der Waals surface area (Å²) in [6, 6.07) is 13.9. The Kier molecular flexibility index (Phi) is 9.51. The van der Waals surface area contributed by atoms with Gasteiger partial charge in [0.1, 0.15) is 11.9 Å². The molecule has 7 nitrogen and oxygen atoms in total. The number of morpholine rings is 1. The summed E-state index contributed by atoms with van der Waals surface area (Å²) in [4.78, 5) is 23.0. The van der Waals surface area contributed by atoms with Crippen molar-refractivity contribution >= 4 is 41.7 Å². The van der Waals surface area contributed by atoms with Crippen LogP contribution in [-0.4, -0.2) is 55.0 Å². The molecule has 2 heterocycles. The summed E-state index contributed by atoms with van der Waals surface area (Å²) in [5, 5.41) is 6.12. The van der Waals surface area contributed by atoms with Crippen molar-refractivity contribution in [1.29, 1.82) is 0 Å². The predicted octanol–water partition coefficient (Wildman–Crippen LogP) is 3.29. The highest BCUT2D eigenvalue weighted by Crippen LogP contribution is 2.24. The zero-order chi connectivity index (χ0) is 20.6. The number of rotatable bonds is 5. The first-order chi connectivity index (χ1) is 14.1. The van der Waals surface area contributed by atoms with Crippen LogP contribution in [0.1, 0.15) is 29.3 Å². The number of guanidine groups is 1. The zero-order valence-corrected chi connectivity index (χ0v) is 20.1. The van der Waals surface area contributed by atoms with Gasteiger partial charge in [0.25, 0.3) is 0 Å². The number of aromatic nitrogens is 1. The molecule has 0 radical (unpaired) electrons. The summed E-state index contributed by atoms with van der Waals surface area (Å²) in [7, 11) is 1.76. The van der Waals surface area contributed by atoms with Crippen molar-refractivity contribution in [2.75, 3.05) is 38.6 Å². The minimum Gasteiger partial charge on any atom is -0.370 e. The van der Waals surface area contributed by atoms with Crippen LogP contribution in [0.15, 0.2) is 47.5 Å². The predicted molar refractivity (Wildman–Crippen MR) is 130 cm³/mol. The van der Waals surface area contributed by atoms with E-state index in [9.17, 15) is 4.79 Å². The second-order valence-electron chi connectivity index (χ2n) is 7.10. The van der Waals surface area contributed by atoms with Crippen molar-refractivity contribution in [3.63, 3.8) is 0 Å². The third kappa shape index (κ3) is 6.66. The van der Waals surface area contributed by atoms with Gasteiger partial charge in [-0.15, -0.1) is 24.0 Å². The highest BCUT2D eigenvalue weighted by Gasteiger charge is 2.25. The van der Waals surface area contributed by atoms with E-state index in [2.05, 4.69) is 44.6 Å². The first-order valence-electron chi connectivity index (χ1n) is 9.93. The highest BCUT2D eigenvalue weighted by molar-refractivity contribution is 14.0. The summed E-state index contributed by atoms with van der Waals surface area (Å²) in [6.07, 6.45) is 0.347. The number of hydrogen-bond acceptors (Lipinski definition) is 4. The number of carbonyl (C=O) groups excluding carboxylic acids is 1. The minimum absolute atomic E-state index is 0. The molecule has 1 fully saturated rings. The Balaban J connectivity index is 0.00000320. The number of halogens is 1. The van der Waals surface area contributed by atoms with Gasteiger partial charge >= 0.3 is 0 Å². The van der Waals surface area contributed by atoms with Gasteiger partial charge in [0.2, 0.25) is 5.91 Å². The van der Waals surface area contributed by atoms with Crippen LogP contribution in [0.25, 0.3) is 0 Å². The molecule has 30 heavy (non-hydrogen) atoms. The number of aryl methyl sites for hydroxylation is 2. The maximum Gasteiger partial charge on any atom is 0.227 e. The summed E-state index contributed by atoms with van der Waals surface area (Å²) in [6.45, 7) is 6.63. The molecule has 1 aliphatic heterocycles. The quantitative estimate of drug-likeness (QED) is 0.358. The summed E-state index contributed by atoms with van der Waals surface area (Å²) < 4.78 is 5.99. The summed E-state index contributed by atoms with van der Waals surface area (Å²) >= 11 is 0. The average molecular weight is 523 g/mol. The van der Waals surface area contributed by atoms with E-state index in [1.54, 1.807) is 13.1 Å². The molecule has 0 aliphatic carbocycles. The molecule has 1 aromatic heterocycles. The highest BCUT2D eigenvalue weighted by atomic mass is 127. The van der Waals surface area contributed by atoms with Crippen molar-refractivity contribution in [2.45, 2.75) is 26.4 Å². The van der Waals surface area contributed by atoms with E-state index >= 15 is 0 Å². The largest absolute Gasteiger partial charge is 0.370 e. The van der Waals surface area contributed by atoms with Crippen LogP contribution in [0, 0.1) is 13.8 Å². The first kappa shape index (κ1) is 24.1. The molecule has 1 saturated heterocycles. The fourth-order valence-corrected chi connectivity index (χ4v) is 3.42. The molecule has 1 atom stereocenters. The van der Waals surface area contributed by atoms with Crippen LogP contribution in [-0.2, 0) is 9.53 Å². The van der Waals surface area contributed by atoms with Crippen LogP contribution in [0.4, 0.5) is 5.82 Å². The molecule has 2 aromatic rings. The van der Waals surface area contributed by atoms with Gasteiger partial charge in [-0.25, -0.2) is 4.98 Å². The number of aliphatic imine (C=N–C) groups is 1. The molecule has 8 heteroatoms. The van der Waals surface area contributed by atoms with E-state index in [1.165, 1.54) is 11.1 Å². The number of pyridine rings is 1. The number of hydrogen-bond donors (Lipinski definition) is 2. The van der Waals surface area contributed by atoms with Crippen molar-refractivity contribution in [3.05, 3.63) is 59.3 Å². The monoisotopic (exact) mass is 523 g/mol. The number of anilines is 1. The van der Waals surface area contributed by atoms with Gasteiger partial charge in [0, 0.05) is 32.3 Å². The molecular weight excluding hydrogens is 493 g/mol. The van der Waals surface area contributed by atoms with E-state index in [1.807, 2.05) is 31.2 Å². The Morgan fingerprint density at radius 3 is 2.77 bits per heavy atom. The van der Waals surface area contributed by atoms with Crippen molar-refractivity contribution < 1.29 is 9.53 Å². The Labute approximate surface area is 195 Å². The lowest BCUT2D eigenvalue weighted by Gasteiger charge is -2.35. The Morgan fingerprint density at radius 1 is 1.23 bits per heavy atom. The topological polar surface area (TPSA) is 78.8 Å². The lowest BCUT2D eigenvalue weighted by molar-refractivity contribution is -0.116. The van der Waals surface area contributed by atoms with Gasteiger partial charge in [-0.1, -0.05) is 30.3 Å². The Bertz CT molecular complexity index is 874. The number of benzene rings is 1. The van der Waals surface area contributed by atoms with E-state index in [0.717, 1.165) is 24.7 Å². The van der Waals surface area contributed by atoms with Crippen LogP contribution < -0.4 is 10.6 Å². The molecule has 162 valence electrons. The van der Waals surface area contributed by atoms with E-state index < -0.39 is 0 Å². The SMILES string of the molecule is CN=C(NCCC(=O)Nc1cccc(C)n1)N1CCOC(c2ccccc2C)C1.I. The molecule has 2 N–H and O–H groups in total. The number of amides is 1. The van der Waals surface area contributed by atoms with Gasteiger partial charge in [-0.3, -0.25) is 9.79 Å². The normalized spacial score (nSPS) is 16.6. The third-order valence-corrected chi connectivity index (χ3v) is 4.90. The van der Waals surface area contributed by atoms with Crippen molar-refractivity contribution in [3.8, 4) is 0 Å². The molecule has 3 rings (SSSR count). The number of nitrogens with zero attached hydrogens (tertiary/aromatic N) is 3. The fraction of sp³-hybridized carbons (Fsp3) is 0.409. The van der Waals surface area contributed by atoms with Crippen LogP contribution in [0.5, 0.6) is 0 Å². The number of ether oxygens (including phenoxy) is 1. The molecule has 1 aliphatic rings. The number of nitrogens with one attached hydrogen (secondary N) is 2. The summed E-state index contributed by atoms with van der Waals surface area (Å²) in [5.41, 5.74) is 3.30. The van der Waals surface area contributed by atoms with E-state index in [0.29, 0.717) is 25.4 Å². The lowest BCUT2D eigenvalue weighted by Crippen LogP contribution is -2.48. The molecule has 1 aromatic carbocycles. The van der Waals surface area contributed by atoms with Gasteiger partial charge in [0.15, 0.2) is 5.96 Å². The molecular formula is C22H30IN5O2. The van der Waals surface area contributed by atoms with Gasteiger partial charge in [-0.2, -0.15) is 0 Å². The minimum atomic E-state index is -0.0779.